The number of morpholine rings is 3. The molecule has 5 amide bonds. The number of nitrogens with zero attached hydrogens (tertiary/aromatic N) is 2. The Labute approximate surface area is 723 Å². The first-order valence-electron chi connectivity index (χ1n) is 48.2. The van der Waals surface area contributed by atoms with Crippen LogP contribution in [0.3, 0.4) is 0 Å². The predicted molar refractivity (Wildman–Crippen MR) is 474 cm³/mol. The van der Waals surface area contributed by atoms with Crippen molar-refractivity contribution in [1.29, 1.82) is 0 Å². The second-order valence-electron chi connectivity index (χ2n) is 40.5. The largest absolute Gasteiger partial charge is 0.384 e. The summed E-state index contributed by atoms with van der Waals surface area (Å²) in [4.78, 5) is 58.5. The van der Waals surface area contributed by atoms with E-state index in [-0.39, 0.29) is 21.8 Å². The number of nitrogens with one attached hydrogen (secondary N) is 15. The molecule has 28 heterocycles. The van der Waals surface area contributed by atoms with Crippen LogP contribution in [-0.2, 0) is 38.1 Å². The van der Waals surface area contributed by atoms with Gasteiger partial charge in [0.25, 0.3) is 5.24 Å². The van der Waals surface area contributed by atoms with Crippen LogP contribution in [0, 0.1) is 46.3 Å². The van der Waals surface area contributed by atoms with Crippen LogP contribution in [0.25, 0.3) is 0 Å². The molecule has 0 aromatic heterocycles. The van der Waals surface area contributed by atoms with Gasteiger partial charge in [0.05, 0.1) is 51.2 Å². The van der Waals surface area contributed by atoms with Crippen molar-refractivity contribution in [3.63, 3.8) is 0 Å². The normalized spacial score (nSPS) is 41.1. The van der Waals surface area contributed by atoms with Crippen LogP contribution in [-0.4, -0.2) is 308 Å². The van der Waals surface area contributed by atoms with Gasteiger partial charge in [-0.3, -0.25) is 29.3 Å². The number of amides is 5. The summed E-state index contributed by atoms with van der Waals surface area (Å²) in [6, 6.07) is 11.7. The van der Waals surface area contributed by atoms with Gasteiger partial charge >= 0.3 is 0 Å². The molecule has 0 radical (unpaired) electrons. The average molecular weight is 1710 g/mol. The third-order valence-corrected chi connectivity index (χ3v) is 34.5. The zero-order valence-electron chi connectivity index (χ0n) is 71.7. The number of allylic oxidation sites excluding steroid dienone is 2. The number of fused-ring (bicyclic) bond motifs is 16. The molecule has 20 unspecified atom stereocenters. The highest BCUT2D eigenvalue weighted by Gasteiger charge is 2.54. The lowest BCUT2D eigenvalue weighted by Crippen LogP contribution is -2.61. The molecule has 20 atom stereocenters. The lowest BCUT2D eigenvalue weighted by molar-refractivity contribution is -0.143. The standard InChI is InChI=1S/C7H12N2O.C7H14N2.C7H13NO.C7H11NO.C7H9N.C6H7NO2S.C6H9NO.C6H11N.C6H10O.C5H9NO.C5H9NS.2C5H9N.C4H7NO.C4H7NS.C3H5N/c10-6-1-2-7(5-9-6)3-8-4-7;1-2-7(4-8-3-1)5-9-6-7;1-2-6-7(3-1)9-5-4-8-6;9-7-5-3-1-2-4-6(5)8-7;1-2-4-7-6(3-1)5-8-7;8-4-6(2-1-3-6)10-5(9)7-4;8-6-2-1-5-3-7(6)4-5;1-2-6-4-7(3-1)5-6;1-2-5-4-6(5)7-3-1;2*1-4-2-7-3-5(1)6-4;1-4-2-6-3-5(1)4;1-2-4-5(3-1)6-4;2*1-3-4(5-3)2-6-1;1-2-3(1)4-2/h8H,1-5H2,(H,9,10);8-9H,1-6H2;6-8H,1-5H2;5-6H,1-4H2,(H,8,9);1,3,8H,2,4-5H2;1-3H2,(H,7,8,9);5H,1-4H2;6H,1-5H2;5-6H,1-4H2;2*4-6H,1-3H2;2*4-6H,1-3H2;2*3-5H,1-2H2;2-4H,1H2. The number of piperidine rings is 8. The van der Waals surface area contributed by atoms with Crippen LogP contribution in [0.15, 0.2) is 23.4 Å². The fourth-order valence-corrected chi connectivity index (χ4v) is 24.7. The second-order valence-corrected chi connectivity index (χ2v) is 44.0. The highest BCUT2D eigenvalue weighted by atomic mass is 32.2. The minimum atomic E-state index is -0.336. The Bertz CT molecular complexity index is 3100. The van der Waals surface area contributed by atoms with Crippen LogP contribution in [0.1, 0.15) is 193 Å². The lowest BCUT2D eigenvalue weighted by Gasteiger charge is -2.45. The molecule has 3 spiro atoms. The molecule has 34 fully saturated rings. The molecule has 8 bridgehead atoms. The molecule has 36 aliphatic rings. The van der Waals surface area contributed by atoms with Crippen LogP contribution < -0.4 is 79.8 Å². The quantitative estimate of drug-likeness (QED) is 0.112. The summed E-state index contributed by atoms with van der Waals surface area (Å²) in [7, 11) is 0. The highest BCUT2D eigenvalue weighted by molar-refractivity contribution is 8.16. The maximum Gasteiger partial charge on any atom is 0.286 e. The van der Waals surface area contributed by atoms with E-state index in [2.05, 4.69) is 120 Å². The van der Waals surface area contributed by atoms with Gasteiger partial charge in [-0.2, -0.15) is 23.5 Å². The molecule has 119 heavy (non-hydrogen) atoms. The van der Waals surface area contributed by atoms with Gasteiger partial charge in [0.1, 0.15) is 4.75 Å². The van der Waals surface area contributed by atoms with Crippen molar-refractivity contribution in [2.24, 2.45) is 46.3 Å². The Hall–Kier alpha value is -2.76. The fourth-order valence-electron chi connectivity index (χ4n) is 21.1. The molecule has 668 valence electrons. The van der Waals surface area contributed by atoms with Gasteiger partial charge in [-0.25, -0.2) is 0 Å². The fraction of sp³-hybridized carbons (Fsp3) is 0.900. The van der Waals surface area contributed by atoms with Crippen molar-refractivity contribution in [2.45, 2.75) is 294 Å². The molecular weight excluding hydrogens is 1560 g/mol. The third-order valence-electron chi connectivity index (χ3n) is 30.8. The zero-order valence-corrected chi connectivity index (χ0v) is 74.2. The Kier molecular flexibility index (Phi) is 31.5. The molecule has 0 aromatic carbocycles. The van der Waals surface area contributed by atoms with Crippen LogP contribution >= 0.6 is 35.3 Å². The number of rotatable bonds is 0. The van der Waals surface area contributed by atoms with E-state index >= 15 is 0 Å². The Balaban J connectivity index is 0.0000000910. The van der Waals surface area contributed by atoms with E-state index in [9.17, 15) is 24.0 Å². The number of ether oxygens (including phenoxy) is 4. The number of imide groups is 1. The predicted octanol–water partition coefficient (Wildman–Crippen LogP) is 4.98. The number of carbonyl (C=O) groups excluding carboxylic acids is 5. The number of hydrogen-bond donors (Lipinski definition) is 15. The van der Waals surface area contributed by atoms with Crippen molar-refractivity contribution >= 4 is 64.2 Å². The monoisotopic (exact) mass is 1710 g/mol. The van der Waals surface area contributed by atoms with Gasteiger partial charge in [-0.05, 0) is 234 Å². The smallest absolute Gasteiger partial charge is 0.286 e. The average Bonchev–Trinajstić information content (AvgIpc) is 1.59. The van der Waals surface area contributed by atoms with Gasteiger partial charge in [0, 0.05) is 222 Å². The lowest BCUT2D eigenvalue weighted by atomic mass is 9.75. The first-order chi connectivity index (χ1) is 58.3. The zero-order chi connectivity index (χ0) is 81.0. The molecule has 26 nitrogen and oxygen atoms in total. The summed E-state index contributed by atoms with van der Waals surface area (Å²) in [6.07, 6.45) is 43.7. The van der Waals surface area contributed by atoms with Gasteiger partial charge in [-0.1, -0.05) is 31.4 Å². The summed E-state index contributed by atoms with van der Waals surface area (Å²) in [5.74, 6) is 11.8. The first kappa shape index (κ1) is 88.3. The van der Waals surface area contributed by atoms with Gasteiger partial charge in [0.2, 0.25) is 23.6 Å². The molecule has 8 aliphatic carbocycles. The minimum Gasteiger partial charge on any atom is -0.384 e. The SMILES string of the molecule is C1=CC2=C(CC1)NC2.C1C2NC12.C1CC2CN(C1)C2.C1CC2NC2C1.C1CC2NCCOC2C1.C1CNCC2(C1)CNC2.C1COC2CC2C1.C1NCC2CC12.C1OCC2CC1N2.C1OCC2NC12.C1SCC2CC1N2.C1SCC2NC12.O=C1CCC2(CNC2)CN1.O=C1CCC2CN1C2.O=C1NC(=O)C2(CCC2)S1.O=C1NC2CCCCC12. The molecule has 29 heteroatoms. The Morgan fingerprint density at radius 1 is 0.462 bits per heavy atom. The molecular formula is C90H151N17O9S3. The number of carbonyl (C=O) groups is 5. The molecule has 15 N–H and O–H groups in total. The first-order valence-corrected chi connectivity index (χ1v) is 51.3. The number of β-lactam (4-membered cyclic amide) rings is 1. The Morgan fingerprint density at radius 2 is 1.11 bits per heavy atom. The van der Waals surface area contributed by atoms with E-state index in [1.807, 2.05) is 4.90 Å². The summed E-state index contributed by atoms with van der Waals surface area (Å²) < 4.78 is 20.8. The summed E-state index contributed by atoms with van der Waals surface area (Å²) >= 11 is 5.32. The van der Waals surface area contributed by atoms with E-state index in [1.54, 1.807) is 0 Å². The van der Waals surface area contributed by atoms with Gasteiger partial charge < -0.3 is 103 Å². The molecule has 0 aromatic rings. The topological polar surface area (TPSA) is 349 Å². The van der Waals surface area contributed by atoms with Crippen molar-refractivity contribution < 1.29 is 42.9 Å². The second kappa shape index (κ2) is 42.4. The molecule has 28 aliphatic heterocycles. The number of hydrogen-bond acceptors (Lipinski definition) is 25. The van der Waals surface area contributed by atoms with Crippen molar-refractivity contribution in [3.8, 4) is 0 Å². The summed E-state index contributed by atoms with van der Waals surface area (Å²) in [5.41, 5.74) is 4.12. The number of thioether (sulfide) groups is 3. The maximum absolute atomic E-state index is 11.0. The molecule has 7 saturated carbocycles. The van der Waals surface area contributed by atoms with Crippen molar-refractivity contribution in [3.05, 3.63) is 23.4 Å². The van der Waals surface area contributed by atoms with E-state index < -0.39 is 0 Å². The van der Waals surface area contributed by atoms with E-state index in [1.165, 1.54) is 234 Å². The minimum absolute atomic E-state index is 0.0752. The van der Waals surface area contributed by atoms with E-state index in [4.69, 9.17) is 18.9 Å². The maximum atomic E-state index is 11.0. The molecule has 36 rings (SSSR count). The highest BCUT2D eigenvalue weighted by Crippen LogP contribution is 2.48. The van der Waals surface area contributed by atoms with E-state index in [0.717, 1.165) is 239 Å². The summed E-state index contributed by atoms with van der Waals surface area (Å²) in [5, 5.41) is 47.9. The van der Waals surface area contributed by atoms with Crippen LogP contribution in [0.5, 0.6) is 0 Å². The summed E-state index contributed by atoms with van der Waals surface area (Å²) in [6.45, 7) is 24.9. The Morgan fingerprint density at radius 3 is 1.43 bits per heavy atom. The van der Waals surface area contributed by atoms with Gasteiger partial charge in [0.15, 0.2) is 0 Å². The van der Waals surface area contributed by atoms with Crippen LogP contribution in [0.4, 0.5) is 4.79 Å². The van der Waals surface area contributed by atoms with Gasteiger partial charge in [-0.15, -0.1) is 0 Å². The molecule has 27 saturated heterocycles. The van der Waals surface area contributed by atoms with Crippen molar-refractivity contribution in [1.82, 2.24) is 89.6 Å². The third kappa shape index (κ3) is 26.0. The van der Waals surface area contributed by atoms with Crippen LogP contribution in [0.2, 0.25) is 0 Å². The van der Waals surface area contributed by atoms with E-state index in [0.29, 0.717) is 64.9 Å². The van der Waals surface area contributed by atoms with Crippen molar-refractivity contribution in [2.75, 3.05) is 167 Å².